The van der Waals surface area contributed by atoms with Crippen LogP contribution in [0.1, 0.15) is 195 Å². The summed E-state index contributed by atoms with van der Waals surface area (Å²) in [5.41, 5.74) is 0. The largest absolute Gasteiger partial charge is 0.463 e. The van der Waals surface area contributed by atoms with E-state index in [1.807, 2.05) is 13.8 Å². The maximum atomic E-state index is 12.1. The smallest absolute Gasteiger partial charge is 0.306 e. The lowest BCUT2D eigenvalue weighted by molar-refractivity contribution is -0.147. The van der Waals surface area contributed by atoms with Crippen molar-refractivity contribution in [1.82, 2.24) is 4.90 Å². The number of esters is 1. The minimum absolute atomic E-state index is 0.0280. The zero-order valence-corrected chi connectivity index (χ0v) is 27.0. The molecule has 1 aliphatic heterocycles. The van der Waals surface area contributed by atoms with E-state index in [0.29, 0.717) is 12.3 Å². The summed E-state index contributed by atoms with van der Waals surface area (Å²) >= 11 is 0. The van der Waals surface area contributed by atoms with E-state index >= 15 is 0 Å². The highest BCUT2D eigenvalue weighted by Crippen LogP contribution is 2.15. The van der Waals surface area contributed by atoms with Crippen LogP contribution >= 0.6 is 0 Å². The zero-order chi connectivity index (χ0) is 28.8. The molecule has 1 heterocycles. The van der Waals surface area contributed by atoms with Crippen LogP contribution in [0.3, 0.4) is 0 Å². The highest BCUT2D eigenvalue weighted by molar-refractivity contribution is 5.76. The van der Waals surface area contributed by atoms with Crippen LogP contribution in [0.2, 0.25) is 0 Å². The molecule has 0 bridgehead atoms. The van der Waals surface area contributed by atoms with Crippen molar-refractivity contribution in [3.8, 4) is 0 Å². The van der Waals surface area contributed by atoms with Crippen LogP contribution in [-0.2, 0) is 14.3 Å². The molecule has 0 radical (unpaired) electrons. The third-order valence-electron chi connectivity index (χ3n) is 7.80. The monoisotopic (exact) mass is 552 g/mol. The predicted octanol–water partition coefficient (Wildman–Crippen LogP) is 10.9. The van der Waals surface area contributed by atoms with Gasteiger partial charge >= 0.3 is 5.97 Å². The Hall–Kier alpha value is -1.06. The summed E-state index contributed by atoms with van der Waals surface area (Å²) in [4.78, 5) is 25.5. The molecule has 232 valence electrons. The second-order valence-corrected chi connectivity index (χ2v) is 12.2. The first-order valence-corrected chi connectivity index (χ1v) is 17.5. The number of likely N-dealkylation sites (tertiary alicyclic amines) is 1. The van der Waals surface area contributed by atoms with Crippen LogP contribution in [0.25, 0.3) is 0 Å². The molecule has 0 atom stereocenters. The number of nitrogens with zero attached hydrogens (tertiary/aromatic N) is 1. The summed E-state index contributed by atoms with van der Waals surface area (Å²) in [5, 5.41) is 0. The molecule has 0 spiro atoms. The SMILES string of the molecule is CCCCCCCCCCCC(=O)N1CCCCCC1.CCCCCCCCCCCCCC(=O)OC(C)C. The lowest BCUT2D eigenvalue weighted by Crippen LogP contribution is -2.31. The van der Waals surface area contributed by atoms with Crippen LogP contribution in [0.4, 0.5) is 0 Å². The summed E-state index contributed by atoms with van der Waals surface area (Å²) in [5.74, 6) is 0.376. The molecule has 0 aliphatic carbocycles. The van der Waals surface area contributed by atoms with E-state index in [0.717, 1.165) is 32.4 Å². The van der Waals surface area contributed by atoms with Gasteiger partial charge in [0, 0.05) is 25.9 Å². The fourth-order valence-electron chi connectivity index (χ4n) is 5.32. The Balaban J connectivity index is 0.000000742. The van der Waals surface area contributed by atoms with Crippen LogP contribution in [-0.4, -0.2) is 36.0 Å². The van der Waals surface area contributed by atoms with Gasteiger partial charge < -0.3 is 9.64 Å². The summed E-state index contributed by atoms with van der Waals surface area (Å²) < 4.78 is 5.10. The number of hydrogen-bond donors (Lipinski definition) is 0. The van der Waals surface area contributed by atoms with E-state index in [-0.39, 0.29) is 12.1 Å². The summed E-state index contributed by atoms with van der Waals surface area (Å²) in [6.45, 7) is 10.3. The lowest BCUT2D eigenvalue weighted by atomic mass is 10.1. The van der Waals surface area contributed by atoms with Crippen molar-refractivity contribution in [3.63, 3.8) is 0 Å². The minimum atomic E-state index is -0.0362. The van der Waals surface area contributed by atoms with Crippen LogP contribution < -0.4 is 0 Å². The number of hydrogen-bond acceptors (Lipinski definition) is 3. The van der Waals surface area contributed by atoms with Gasteiger partial charge in [0.2, 0.25) is 5.91 Å². The van der Waals surface area contributed by atoms with Gasteiger partial charge in [-0.3, -0.25) is 9.59 Å². The van der Waals surface area contributed by atoms with Gasteiger partial charge in [-0.05, 0) is 39.5 Å². The number of carbonyl (C=O) groups excluding carboxylic acids is 2. The molecule has 1 amide bonds. The van der Waals surface area contributed by atoms with Crippen molar-refractivity contribution in [3.05, 3.63) is 0 Å². The van der Waals surface area contributed by atoms with Gasteiger partial charge in [-0.1, -0.05) is 142 Å². The first-order valence-electron chi connectivity index (χ1n) is 17.5. The molecular weight excluding hydrogens is 482 g/mol. The van der Waals surface area contributed by atoms with E-state index in [1.165, 1.54) is 141 Å². The van der Waals surface area contributed by atoms with Crippen molar-refractivity contribution >= 4 is 11.9 Å². The summed E-state index contributed by atoms with van der Waals surface area (Å²) in [6, 6.07) is 0. The fourth-order valence-corrected chi connectivity index (χ4v) is 5.32. The minimum Gasteiger partial charge on any atom is -0.463 e. The number of unbranched alkanes of at least 4 members (excludes halogenated alkanes) is 18. The van der Waals surface area contributed by atoms with E-state index in [2.05, 4.69) is 18.7 Å². The highest BCUT2D eigenvalue weighted by Gasteiger charge is 2.14. The zero-order valence-electron chi connectivity index (χ0n) is 27.0. The Labute approximate surface area is 244 Å². The average molecular weight is 552 g/mol. The molecular formula is C35H69NO3. The molecule has 1 saturated heterocycles. The maximum absolute atomic E-state index is 12.1. The van der Waals surface area contributed by atoms with Gasteiger partial charge in [-0.25, -0.2) is 0 Å². The Kier molecular flexibility index (Phi) is 29.1. The van der Waals surface area contributed by atoms with Crippen molar-refractivity contribution in [2.24, 2.45) is 0 Å². The highest BCUT2D eigenvalue weighted by atomic mass is 16.5. The van der Waals surface area contributed by atoms with Crippen molar-refractivity contribution in [1.29, 1.82) is 0 Å². The van der Waals surface area contributed by atoms with Crippen molar-refractivity contribution in [2.45, 2.75) is 201 Å². The van der Waals surface area contributed by atoms with Gasteiger partial charge in [0.25, 0.3) is 0 Å². The Morgan fingerprint density at radius 3 is 1.28 bits per heavy atom. The summed E-state index contributed by atoms with van der Waals surface area (Å²) in [6.07, 6.45) is 32.9. The van der Waals surface area contributed by atoms with Crippen LogP contribution in [0, 0.1) is 0 Å². The lowest BCUT2D eigenvalue weighted by Gasteiger charge is -2.20. The fraction of sp³-hybridized carbons (Fsp3) is 0.943. The molecule has 39 heavy (non-hydrogen) atoms. The standard InChI is InChI=1S/C18H35NO.C17H34O2/c1-2-3-4-5-6-7-8-9-12-15-18(20)19-16-13-10-11-14-17-19;1-4-5-6-7-8-9-10-11-12-13-14-15-17(18)19-16(2)3/h2-17H2,1H3;16H,4-15H2,1-3H3. The van der Waals surface area contributed by atoms with Crippen LogP contribution in [0.5, 0.6) is 0 Å². The van der Waals surface area contributed by atoms with Gasteiger partial charge in [-0.15, -0.1) is 0 Å². The average Bonchev–Trinajstić information content (AvgIpc) is 3.20. The van der Waals surface area contributed by atoms with Crippen molar-refractivity contribution < 1.29 is 14.3 Å². The second kappa shape index (κ2) is 29.9. The molecule has 0 N–H and O–H groups in total. The number of ether oxygens (including phenoxy) is 1. The van der Waals surface area contributed by atoms with E-state index in [9.17, 15) is 9.59 Å². The van der Waals surface area contributed by atoms with Gasteiger partial charge in [0.1, 0.15) is 0 Å². The number of amides is 1. The third-order valence-corrected chi connectivity index (χ3v) is 7.80. The molecule has 4 nitrogen and oxygen atoms in total. The third kappa shape index (κ3) is 28.3. The molecule has 4 heteroatoms. The maximum Gasteiger partial charge on any atom is 0.306 e. The van der Waals surface area contributed by atoms with Gasteiger partial charge in [-0.2, -0.15) is 0 Å². The molecule has 0 unspecified atom stereocenters. The van der Waals surface area contributed by atoms with E-state index in [4.69, 9.17) is 4.74 Å². The second-order valence-electron chi connectivity index (χ2n) is 12.2. The van der Waals surface area contributed by atoms with Crippen molar-refractivity contribution in [2.75, 3.05) is 13.1 Å². The molecule has 0 aromatic rings. The van der Waals surface area contributed by atoms with E-state index < -0.39 is 0 Å². The molecule has 1 fully saturated rings. The molecule has 0 aromatic carbocycles. The van der Waals surface area contributed by atoms with Gasteiger partial charge in [0.15, 0.2) is 0 Å². The Bertz CT molecular complexity index is 526. The molecule has 1 aliphatic rings. The molecule has 0 aromatic heterocycles. The Morgan fingerprint density at radius 1 is 0.538 bits per heavy atom. The molecule has 1 rings (SSSR count). The summed E-state index contributed by atoms with van der Waals surface area (Å²) in [7, 11) is 0. The number of carbonyl (C=O) groups is 2. The van der Waals surface area contributed by atoms with Crippen LogP contribution in [0.15, 0.2) is 0 Å². The first kappa shape index (κ1) is 37.9. The quantitative estimate of drug-likeness (QED) is 0.0937. The Morgan fingerprint density at radius 2 is 0.897 bits per heavy atom. The first-order chi connectivity index (χ1) is 19.0. The predicted molar refractivity (Wildman–Crippen MR) is 169 cm³/mol. The number of rotatable bonds is 23. The van der Waals surface area contributed by atoms with E-state index in [1.54, 1.807) is 0 Å². The normalized spacial score (nSPS) is 13.6. The van der Waals surface area contributed by atoms with Gasteiger partial charge in [0.05, 0.1) is 6.10 Å². The topological polar surface area (TPSA) is 46.6 Å². The molecule has 0 saturated carbocycles.